The fourth-order valence-corrected chi connectivity index (χ4v) is 3.23. The number of carbonyl (C=O) groups is 2. The van der Waals surface area contributed by atoms with E-state index in [2.05, 4.69) is 24.3 Å². The van der Waals surface area contributed by atoms with Crippen LogP contribution in [0.15, 0.2) is 24.3 Å². The minimum Gasteiger partial charge on any atom is -0.283 e. The van der Waals surface area contributed by atoms with Crippen molar-refractivity contribution in [3.8, 4) is 0 Å². The highest BCUT2D eigenvalue weighted by Crippen LogP contribution is 2.29. The third kappa shape index (κ3) is 2.55. The van der Waals surface area contributed by atoms with E-state index in [1.807, 2.05) is 0 Å². The van der Waals surface area contributed by atoms with E-state index in [1.54, 1.807) is 0 Å². The summed E-state index contributed by atoms with van der Waals surface area (Å²) in [4.78, 5) is 24.9. The van der Waals surface area contributed by atoms with Crippen molar-refractivity contribution in [3.05, 3.63) is 35.4 Å². The van der Waals surface area contributed by atoms with Crippen molar-refractivity contribution >= 4 is 11.8 Å². The smallest absolute Gasteiger partial charge is 0.229 e. The third-order valence-electron chi connectivity index (χ3n) is 4.28. The summed E-state index contributed by atoms with van der Waals surface area (Å²) in [5.41, 5.74) is 2.86. The van der Waals surface area contributed by atoms with Crippen molar-refractivity contribution in [1.82, 2.24) is 4.90 Å². The lowest BCUT2D eigenvalue weighted by atomic mass is 10.00. The second-order valence-corrected chi connectivity index (χ2v) is 5.62. The number of hydrogen-bond acceptors (Lipinski definition) is 2. The Hall–Kier alpha value is -1.64. The molecule has 1 aromatic carbocycles. The van der Waals surface area contributed by atoms with Crippen LogP contribution in [0.1, 0.15) is 36.8 Å². The van der Waals surface area contributed by atoms with E-state index in [4.69, 9.17) is 0 Å². The molecule has 0 atom stereocenters. The van der Waals surface area contributed by atoms with Crippen LogP contribution < -0.4 is 0 Å². The van der Waals surface area contributed by atoms with Gasteiger partial charge < -0.3 is 0 Å². The van der Waals surface area contributed by atoms with Crippen molar-refractivity contribution < 1.29 is 9.59 Å². The van der Waals surface area contributed by atoms with Crippen LogP contribution >= 0.6 is 0 Å². The Balaban J connectivity index is 1.52. The lowest BCUT2D eigenvalue weighted by Crippen LogP contribution is -2.32. The summed E-state index contributed by atoms with van der Waals surface area (Å²) in [5.74, 6) is 0.609. The molecule has 0 N–H and O–H groups in total. The number of likely N-dealkylation sites (tertiary alicyclic amines) is 1. The second kappa shape index (κ2) is 5.16. The maximum Gasteiger partial charge on any atom is 0.229 e. The molecule has 1 aromatic rings. The monoisotopic (exact) mass is 257 g/mol. The van der Waals surface area contributed by atoms with Gasteiger partial charge in [-0.25, -0.2) is 0 Å². The van der Waals surface area contributed by atoms with E-state index in [9.17, 15) is 9.59 Å². The van der Waals surface area contributed by atoms with Crippen LogP contribution in [-0.4, -0.2) is 23.3 Å². The molecule has 1 saturated heterocycles. The molecule has 0 spiro atoms. The predicted molar refractivity (Wildman–Crippen MR) is 72.5 cm³/mol. The predicted octanol–water partition coefficient (Wildman–Crippen LogP) is 2.33. The van der Waals surface area contributed by atoms with Crippen molar-refractivity contribution in [1.29, 1.82) is 0 Å². The number of fused-ring (bicyclic) bond motifs is 1. The standard InChI is InChI=1S/C16H19NO2/c18-15-6-3-9-17(15)16(19)8-7-12-10-13-4-1-2-5-14(13)11-12/h1-2,4-5,12H,3,6-11H2. The van der Waals surface area contributed by atoms with Gasteiger partial charge >= 0.3 is 0 Å². The topological polar surface area (TPSA) is 37.4 Å². The molecule has 1 heterocycles. The fourth-order valence-electron chi connectivity index (χ4n) is 3.23. The zero-order chi connectivity index (χ0) is 13.2. The lowest BCUT2D eigenvalue weighted by molar-refractivity contribution is -0.141. The van der Waals surface area contributed by atoms with E-state index in [-0.39, 0.29) is 11.8 Å². The largest absolute Gasteiger partial charge is 0.283 e. The van der Waals surface area contributed by atoms with Gasteiger partial charge in [0.05, 0.1) is 0 Å². The average molecular weight is 257 g/mol. The van der Waals surface area contributed by atoms with Crippen LogP contribution in [0.25, 0.3) is 0 Å². The highest BCUT2D eigenvalue weighted by Gasteiger charge is 2.27. The molecule has 3 nitrogen and oxygen atoms in total. The van der Waals surface area contributed by atoms with Gasteiger partial charge in [-0.15, -0.1) is 0 Å². The minimum atomic E-state index is 0.0136. The maximum absolute atomic E-state index is 12.0. The minimum absolute atomic E-state index is 0.0136. The molecule has 0 saturated carbocycles. The molecular weight excluding hydrogens is 238 g/mol. The Morgan fingerprint density at radius 2 is 1.89 bits per heavy atom. The highest BCUT2D eigenvalue weighted by atomic mass is 16.2. The number of hydrogen-bond donors (Lipinski definition) is 0. The number of rotatable bonds is 3. The summed E-state index contributed by atoms with van der Waals surface area (Å²) >= 11 is 0. The quantitative estimate of drug-likeness (QED) is 0.833. The normalized spacial score (nSPS) is 18.9. The number of benzene rings is 1. The number of nitrogens with zero attached hydrogens (tertiary/aromatic N) is 1. The van der Waals surface area contributed by atoms with Gasteiger partial charge in [0.2, 0.25) is 11.8 Å². The molecule has 2 amide bonds. The van der Waals surface area contributed by atoms with E-state index in [0.717, 1.165) is 25.7 Å². The van der Waals surface area contributed by atoms with Gasteiger partial charge in [0, 0.05) is 19.4 Å². The molecular formula is C16H19NO2. The molecule has 3 rings (SSSR count). The Kier molecular flexibility index (Phi) is 3.36. The fraction of sp³-hybridized carbons (Fsp3) is 0.500. The van der Waals surface area contributed by atoms with Gasteiger partial charge in [-0.2, -0.15) is 0 Å². The van der Waals surface area contributed by atoms with E-state index >= 15 is 0 Å². The van der Waals surface area contributed by atoms with E-state index in [0.29, 0.717) is 25.3 Å². The number of imide groups is 1. The SMILES string of the molecule is O=C1CCCN1C(=O)CCC1Cc2ccccc2C1. The summed E-state index contributed by atoms with van der Waals surface area (Å²) in [6.45, 7) is 0.628. The summed E-state index contributed by atoms with van der Waals surface area (Å²) in [7, 11) is 0. The van der Waals surface area contributed by atoms with Crippen molar-refractivity contribution in [2.45, 2.75) is 38.5 Å². The van der Waals surface area contributed by atoms with Crippen LogP contribution in [0.5, 0.6) is 0 Å². The molecule has 0 bridgehead atoms. The zero-order valence-electron chi connectivity index (χ0n) is 11.1. The van der Waals surface area contributed by atoms with Crippen LogP contribution in [0.3, 0.4) is 0 Å². The summed E-state index contributed by atoms with van der Waals surface area (Å²) in [6.07, 6.45) is 4.95. The van der Waals surface area contributed by atoms with Gasteiger partial charge in [0.25, 0.3) is 0 Å². The molecule has 1 aliphatic carbocycles. The van der Waals surface area contributed by atoms with Gasteiger partial charge in [0.1, 0.15) is 0 Å². The van der Waals surface area contributed by atoms with Crippen molar-refractivity contribution in [2.24, 2.45) is 5.92 Å². The van der Waals surface area contributed by atoms with Gasteiger partial charge in [0.15, 0.2) is 0 Å². The van der Waals surface area contributed by atoms with Gasteiger partial charge in [-0.05, 0) is 42.7 Å². The van der Waals surface area contributed by atoms with Crippen LogP contribution in [0.2, 0.25) is 0 Å². The molecule has 0 unspecified atom stereocenters. The third-order valence-corrected chi connectivity index (χ3v) is 4.28. The Morgan fingerprint density at radius 3 is 2.47 bits per heavy atom. The lowest BCUT2D eigenvalue weighted by Gasteiger charge is -2.15. The summed E-state index contributed by atoms with van der Waals surface area (Å²) < 4.78 is 0. The summed E-state index contributed by atoms with van der Waals surface area (Å²) in [5, 5.41) is 0. The first-order valence-corrected chi connectivity index (χ1v) is 7.14. The number of amides is 2. The Labute approximate surface area is 113 Å². The van der Waals surface area contributed by atoms with Gasteiger partial charge in [-0.1, -0.05) is 24.3 Å². The summed E-state index contributed by atoms with van der Waals surface area (Å²) in [6, 6.07) is 8.52. The second-order valence-electron chi connectivity index (χ2n) is 5.62. The van der Waals surface area contributed by atoms with Crippen LogP contribution in [-0.2, 0) is 22.4 Å². The van der Waals surface area contributed by atoms with E-state index in [1.165, 1.54) is 16.0 Å². The molecule has 19 heavy (non-hydrogen) atoms. The molecule has 0 radical (unpaired) electrons. The molecule has 1 aliphatic heterocycles. The van der Waals surface area contributed by atoms with Crippen molar-refractivity contribution in [2.75, 3.05) is 6.54 Å². The maximum atomic E-state index is 12.0. The molecule has 3 heteroatoms. The first-order valence-electron chi connectivity index (χ1n) is 7.14. The molecule has 100 valence electrons. The Bertz CT molecular complexity index is 484. The first kappa shape index (κ1) is 12.4. The molecule has 2 aliphatic rings. The number of carbonyl (C=O) groups excluding carboxylic acids is 2. The molecule has 1 fully saturated rings. The van der Waals surface area contributed by atoms with Gasteiger partial charge in [-0.3, -0.25) is 14.5 Å². The van der Waals surface area contributed by atoms with Crippen LogP contribution in [0.4, 0.5) is 0 Å². The first-order chi connectivity index (χ1) is 9.24. The Morgan fingerprint density at radius 1 is 1.21 bits per heavy atom. The van der Waals surface area contributed by atoms with Crippen LogP contribution in [0, 0.1) is 5.92 Å². The average Bonchev–Trinajstić information content (AvgIpc) is 3.01. The van der Waals surface area contributed by atoms with Crippen molar-refractivity contribution in [3.63, 3.8) is 0 Å². The molecule has 0 aromatic heterocycles. The highest BCUT2D eigenvalue weighted by molar-refractivity contribution is 5.96. The zero-order valence-corrected chi connectivity index (χ0v) is 11.1. The van der Waals surface area contributed by atoms with E-state index < -0.39 is 0 Å².